The van der Waals surface area contributed by atoms with Crippen LogP contribution < -0.4 is 4.90 Å². The molecule has 0 aliphatic rings. The largest absolute Gasteiger partial charge is 0.480 e. The van der Waals surface area contributed by atoms with Gasteiger partial charge in [0.25, 0.3) is 5.69 Å². The van der Waals surface area contributed by atoms with Crippen molar-refractivity contribution < 1.29 is 14.8 Å². The Kier molecular flexibility index (Phi) is 4.68. The minimum absolute atomic E-state index is 0.0242. The maximum absolute atomic E-state index is 10.9. The fraction of sp³-hybridized carbons (Fsp3) is 0.182. The van der Waals surface area contributed by atoms with Crippen molar-refractivity contribution in [3.05, 3.63) is 32.8 Å². The molecule has 0 saturated heterocycles. The second-order valence-electron chi connectivity index (χ2n) is 3.34. The van der Waals surface area contributed by atoms with Gasteiger partial charge in [-0.25, -0.2) is 0 Å². The number of aliphatic carboxylic acids is 1. The average molecular weight is 313 g/mol. The third-order valence-corrected chi connectivity index (χ3v) is 2.58. The molecule has 7 heteroatoms. The molecular formula is C11H9BrN2O4. The van der Waals surface area contributed by atoms with E-state index in [0.29, 0.717) is 4.47 Å². The molecule has 0 bridgehead atoms. The van der Waals surface area contributed by atoms with Gasteiger partial charge in [0.2, 0.25) is 0 Å². The van der Waals surface area contributed by atoms with Crippen molar-refractivity contribution in [1.29, 1.82) is 0 Å². The topological polar surface area (TPSA) is 83.7 Å². The van der Waals surface area contributed by atoms with Crippen LogP contribution in [0.25, 0.3) is 0 Å². The number of carboxylic acids is 1. The van der Waals surface area contributed by atoms with Crippen molar-refractivity contribution in [3.63, 3.8) is 0 Å². The van der Waals surface area contributed by atoms with Crippen molar-refractivity contribution in [2.75, 3.05) is 18.0 Å². The molecule has 0 aliphatic carbocycles. The molecule has 0 saturated carbocycles. The van der Waals surface area contributed by atoms with E-state index in [2.05, 4.69) is 21.9 Å². The van der Waals surface area contributed by atoms with E-state index in [0.717, 1.165) is 0 Å². The molecule has 0 amide bonds. The number of halogens is 1. The number of carboxylic acid groups (broad SMARTS) is 1. The molecule has 1 aromatic carbocycles. The summed E-state index contributed by atoms with van der Waals surface area (Å²) in [4.78, 5) is 22.3. The van der Waals surface area contributed by atoms with Crippen LogP contribution in [0.4, 0.5) is 11.4 Å². The molecule has 0 radical (unpaired) electrons. The Morgan fingerprint density at radius 2 is 2.28 bits per heavy atom. The first-order chi connectivity index (χ1) is 8.45. The van der Waals surface area contributed by atoms with Crippen LogP contribution in [-0.2, 0) is 4.79 Å². The van der Waals surface area contributed by atoms with E-state index in [4.69, 9.17) is 11.5 Å². The summed E-state index contributed by atoms with van der Waals surface area (Å²) < 4.78 is 0.607. The summed E-state index contributed by atoms with van der Waals surface area (Å²) in [6.07, 6.45) is 5.14. The summed E-state index contributed by atoms with van der Waals surface area (Å²) in [7, 11) is 0. The Morgan fingerprint density at radius 3 is 2.78 bits per heavy atom. The third-order valence-electron chi connectivity index (χ3n) is 2.08. The van der Waals surface area contributed by atoms with Gasteiger partial charge in [-0.1, -0.05) is 21.9 Å². The van der Waals surface area contributed by atoms with Crippen LogP contribution in [0.1, 0.15) is 0 Å². The molecule has 0 aliphatic heterocycles. The Labute approximate surface area is 111 Å². The fourth-order valence-electron chi connectivity index (χ4n) is 1.40. The van der Waals surface area contributed by atoms with Gasteiger partial charge in [-0.05, 0) is 12.1 Å². The summed E-state index contributed by atoms with van der Waals surface area (Å²) >= 11 is 3.18. The van der Waals surface area contributed by atoms with Gasteiger partial charge in [-0.2, -0.15) is 0 Å². The molecule has 18 heavy (non-hydrogen) atoms. The summed E-state index contributed by atoms with van der Waals surface area (Å²) in [6.45, 7) is -0.426. The zero-order valence-corrected chi connectivity index (χ0v) is 10.8. The lowest BCUT2D eigenvalue weighted by molar-refractivity contribution is -0.384. The van der Waals surface area contributed by atoms with Gasteiger partial charge < -0.3 is 10.0 Å². The van der Waals surface area contributed by atoms with E-state index >= 15 is 0 Å². The quantitative estimate of drug-likeness (QED) is 0.510. The van der Waals surface area contributed by atoms with Crippen LogP contribution in [-0.4, -0.2) is 29.1 Å². The minimum atomic E-state index is -1.11. The highest BCUT2D eigenvalue weighted by molar-refractivity contribution is 9.10. The van der Waals surface area contributed by atoms with Crippen molar-refractivity contribution in [1.82, 2.24) is 0 Å². The Balaban J connectivity index is 3.25. The number of nitro benzene ring substituents is 1. The number of rotatable bonds is 5. The third kappa shape index (κ3) is 3.46. The van der Waals surface area contributed by atoms with Gasteiger partial charge in [0.1, 0.15) is 12.2 Å². The molecule has 0 spiro atoms. The summed E-state index contributed by atoms with van der Waals surface area (Å²) in [5, 5.41) is 19.7. The van der Waals surface area contributed by atoms with Crippen molar-refractivity contribution >= 4 is 33.3 Å². The highest BCUT2D eigenvalue weighted by atomic mass is 79.9. The first kappa shape index (κ1) is 14.0. The molecule has 0 atom stereocenters. The van der Waals surface area contributed by atoms with Gasteiger partial charge in [0.15, 0.2) is 0 Å². The SMILES string of the molecule is C#CCN(CC(=O)O)c1cc(Br)ccc1[N+](=O)[O-]. The second kappa shape index (κ2) is 6.02. The normalized spacial score (nSPS) is 9.56. The van der Waals surface area contributed by atoms with Gasteiger partial charge in [0, 0.05) is 10.5 Å². The van der Waals surface area contributed by atoms with Gasteiger partial charge in [0.05, 0.1) is 11.5 Å². The number of hydrogen-bond donors (Lipinski definition) is 1. The Bertz CT molecular complexity index is 524. The molecule has 1 aromatic rings. The molecule has 1 rings (SSSR count). The van der Waals surface area contributed by atoms with Crippen LogP contribution in [0.5, 0.6) is 0 Å². The maximum atomic E-state index is 10.9. The Morgan fingerprint density at radius 1 is 1.61 bits per heavy atom. The molecular weight excluding hydrogens is 304 g/mol. The van der Waals surface area contributed by atoms with Crippen LogP contribution in [0.2, 0.25) is 0 Å². The maximum Gasteiger partial charge on any atom is 0.323 e. The van der Waals surface area contributed by atoms with Crippen molar-refractivity contribution in [2.24, 2.45) is 0 Å². The van der Waals surface area contributed by atoms with Gasteiger partial charge in [-0.15, -0.1) is 6.42 Å². The lowest BCUT2D eigenvalue weighted by Gasteiger charge is -2.20. The first-order valence-electron chi connectivity index (χ1n) is 4.80. The molecule has 0 heterocycles. The zero-order valence-electron chi connectivity index (χ0n) is 9.17. The van der Waals surface area contributed by atoms with Crippen LogP contribution in [0.3, 0.4) is 0 Å². The molecule has 6 nitrogen and oxygen atoms in total. The van der Waals surface area contributed by atoms with Gasteiger partial charge >= 0.3 is 5.97 Å². The van der Waals surface area contributed by atoms with Crippen LogP contribution >= 0.6 is 15.9 Å². The minimum Gasteiger partial charge on any atom is -0.480 e. The predicted molar refractivity (Wildman–Crippen MR) is 69.5 cm³/mol. The fourth-order valence-corrected chi connectivity index (χ4v) is 1.75. The van der Waals surface area contributed by atoms with E-state index in [1.807, 2.05) is 0 Å². The average Bonchev–Trinajstić information content (AvgIpc) is 2.27. The van der Waals surface area contributed by atoms with Crippen molar-refractivity contribution in [2.45, 2.75) is 0 Å². The van der Waals surface area contributed by atoms with E-state index < -0.39 is 17.4 Å². The number of carbonyl (C=O) groups is 1. The number of terminal acetylenes is 1. The first-order valence-corrected chi connectivity index (χ1v) is 5.59. The number of hydrogen-bond acceptors (Lipinski definition) is 4. The summed E-state index contributed by atoms with van der Waals surface area (Å²) in [5.41, 5.74) is -0.00979. The predicted octanol–water partition coefficient (Wildman–Crippen LogP) is 1.88. The number of anilines is 1. The lowest BCUT2D eigenvalue weighted by Crippen LogP contribution is -2.30. The smallest absolute Gasteiger partial charge is 0.323 e. The highest BCUT2D eigenvalue weighted by Gasteiger charge is 2.20. The summed E-state index contributed by atoms with van der Waals surface area (Å²) in [5.74, 6) is 1.17. The monoisotopic (exact) mass is 312 g/mol. The number of nitro groups is 1. The lowest BCUT2D eigenvalue weighted by atomic mass is 10.2. The standard InChI is InChI=1S/C11H9BrN2O4/c1-2-5-13(7-11(15)16)10-6-8(12)3-4-9(10)14(17)18/h1,3-4,6H,5,7H2,(H,15,16). The molecule has 0 fully saturated rings. The highest BCUT2D eigenvalue weighted by Crippen LogP contribution is 2.31. The molecule has 0 aromatic heterocycles. The van der Waals surface area contributed by atoms with E-state index in [9.17, 15) is 14.9 Å². The van der Waals surface area contributed by atoms with Crippen molar-refractivity contribution in [3.8, 4) is 12.3 Å². The van der Waals surface area contributed by atoms with Gasteiger partial charge in [-0.3, -0.25) is 14.9 Å². The summed E-state index contributed by atoms with van der Waals surface area (Å²) in [6, 6.07) is 4.28. The van der Waals surface area contributed by atoms with E-state index in [-0.39, 0.29) is 17.9 Å². The molecule has 94 valence electrons. The van der Waals surface area contributed by atoms with E-state index in [1.165, 1.54) is 23.1 Å². The Hall–Kier alpha value is -2.07. The number of nitrogens with zero attached hydrogens (tertiary/aromatic N) is 2. The van der Waals surface area contributed by atoms with E-state index in [1.54, 1.807) is 0 Å². The van der Waals surface area contributed by atoms with Crippen LogP contribution in [0.15, 0.2) is 22.7 Å². The number of benzene rings is 1. The molecule has 0 unspecified atom stereocenters. The van der Waals surface area contributed by atoms with Crippen LogP contribution in [0, 0.1) is 22.5 Å². The molecule has 1 N–H and O–H groups in total. The zero-order chi connectivity index (χ0) is 13.7. The second-order valence-corrected chi connectivity index (χ2v) is 4.26.